The van der Waals surface area contributed by atoms with Crippen molar-refractivity contribution < 1.29 is 4.79 Å². The molecular weight excluding hydrogens is 138 g/mol. The summed E-state index contributed by atoms with van der Waals surface area (Å²) in [4.78, 5) is 10.8. The van der Waals surface area contributed by atoms with Gasteiger partial charge < -0.3 is 5.32 Å². The second-order valence-corrected chi connectivity index (χ2v) is 2.32. The number of hydrogen-bond donors (Lipinski definition) is 1. The predicted molar refractivity (Wildman–Crippen MR) is 38.9 cm³/mol. The Morgan fingerprint density at radius 2 is 2.33 bits per heavy atom. The molecule has 2 nitrogen and oxygen atoms in total. The fourth-order valence-electron chi connectivity index (χ4n) is 0.890. The monoisotopic (exact) mass is 149 g/mol. The molecule has 0 saturated carbocycles. The standard InChI is InChI=1S/C6H11NO.ClH/c1-5-4-7-3-2-6(5)8;/h5,7H,2-4H2,1H3;1H/t5-;/m0./s1. The number of carbonyl (C=O) groups is 1. The molecule has 54 valence electrons. The van der Waals surface area contributed by atoms with Crippen LogP contribution in [0.5, 0.6) is 0 Å². The van der Waals surface area contributed by atoms with Crippen LogP contribution in [0.2, 0.25) is 0 Å². The highest BCUT2D eigenvalue weighted by Crippen LogP contribution is 2.02. The molecule has 1 heterocycles. The van der Waals surface area contributed by atoms with Gasteiger partial charge in [-0.25, -0.2) is 0 Å². The van der Waals surface area contributed by atoms with Crippen molar-refractivity contribution in [1.29, 1.82) is 0 Å². The number of nitrogens with one attached hydrogen (secondary N) is 1. The van der Waals surface area contributed by atoms with Crippen LogP contribution in [-0.2, 0) is 4.79 Å². The molecule has 1 saturated heterocycles. The Morgan fingerprint density at radius 3 is 2.67 bits per heavy atom. The van der Waals surface area contributed by atoms with Crippen LogP contribution >= 0.6 is 12.4 Å². The number of Topliss-reactive ketones (excluding diaryl/α,β-unsaturated/α-hetero) is 1. The van der Waals surface area contributed by atoms with Crippen LogP contribution in [0.1, 0.15) is 13.3 Å². The highest BCUT2D eigenvalue weighted by molar-refractivity contribution is 5.85. The number of ketones is 1. The minimum Gasteiger partial charge on any atom is -0.316 e. The molecule has 1 fully saturated rings. The molecule has 0 aliphatic carbocycles. The zero-order chi connectivity index (χ0) is 5.98. The molecule has 0 aromatic rings. The van der Waals surface area contributed by atoms with E-state index < -0.39 is 0 Å². The second-order valence-electron chi connectivity index (χ2n) is 2.32. The van der Waals surface area contributed by atoms with E-state index in [-0.39, 0.29) is 18.3 Å². The minimum absolute atomic E-state index is 0. The fraction of sp³-hybridized carbons (Fsp3) is 0.833. The molecule has 0 aromatic carbocycles. The van der Waals surface area contributed by atoms with Crippen LogP contribution in [0.15, 0.2) is 0 Å². The summed E-state index contributed by atoms with van der Waals surface area (Å²) >= 11 is 0. The smallest absolute Gasteiger partial charge is 0.138 e. The van der Waals surface area contributed by atoms with E-state index in [2.05, 4.69) is 5.32 Å². The Kier molecular flexibility index (Phi) is 3.82. The molecule has 0 unspecified atom stereocenters. The van der Waals surface area contributed by atoms with Crippen LogP contribution in [0.25, 0.3) is 0 Å². The Morgan fingerprint density at radius 1 is 1.67 bits per heavy atom. The minimum atomic E-state index is 0. The summed E-state index contributed by atoms with van der Waals surface area (Å²) in [6.45, 7) is 3.72. The van der Waals surface area contributed by atoms with Crippen molar-refractivity contribution in [3.63, 3.8) is 0 Å². The van der Waals surface area contributed by atoms with Crippen LogP contribution < -0.4 is 5.32 Å². The van der Waals surface area contributed by atoms with Gasteiger partial charge in [-0.1, -0.05) is 6.92 Å². The van der Waals surface area contributed by atoms with Gasteiger partial charge in [-0.3, -0.25) is 4.79 Å². The normalized spacial score (nSPS) is 27.2. The molecule has 1 atom stereocenters. The molecule has 1 rings (SSSR count). The lowest BCUT2D eigenvalue weighted by atomic mass is 10.0. The Balaban J connectivity index is 0.000000640. The van der Waals surface area contributed by atoms with Crippen LogP contribution in [0.4, 0.5) is 0 Å². The third-order valence-corrected chi connectivity index (χ3v) is 1.55. The quantitative estimate of drug-likeness (QED) is 0.547. The zero-order valence-corrected chi connectivity index (χ0v) is 6.33. The maximum Gasteiger partial charge on any atom is 0.138 e. The number of rotatable bonds is 0. The topological polar surface area (TPSA) is 29.1 Å². The van der Waals surface area contributed by atoms with Gasteiger partial charge in [0.2, 0.25) is 0 Å². The lowest BCUT2D eigenvalue weighted by Gasteiger charge is -2.16. The Labute approximate surface area is 61.4 Å². The highest BCUT2D eigenvalue weighted by atomic mass is 35.5. The lowest BCUT2D eigenvalue weighted by Crippen LogP contribution is -2.34. The molecular formula is C6H12ClNO. The van der Waals surface area contributed by atoms with Crippen molar-refractivity contribution in [3.8, 4) is 0 Å². The summed E-state index contributed by atoms with van der Waals surface area (Å²) in [6.07, 6.45) is 0.723. The molecule has 0 aromatic heterocycles. The summed E-state index contributed by atoms with van der Waals surface area (Å²) in [6, 6.07) is 0. The molecule has 0 bridgehead atoms. The van der Waals surface area contributed by atoms with Gasteiger partial charge in [0.1, 0.15) is 5.78 Å². The molecule has 1 aliphatic rings. The number of halogens is 1. The molecule has 0 spiro atoms. The van der Waals surface area contributed by atoms with Crippen molar-refractivity contribution in [3.05, 3.63) is 0 Å². The summed E-state index contributed by atoms with van der Waals surface area (Å²) < 4.78 is 0. The first-order valence-corrected chi connectivity index (χ1v) is 3.04. The number of carbonyl (C=O) groups excluding carboxylic acids is 1. The second kappa shape index (κ2) is 3.85. The van der Waals surface area contributed by atoms with Crippen molar-refractivity contribution >= 4 is 18.2 Å². The van der Waals surface area contributed by atoms with E-state index in [9.17, 15) is 4.79 Å². The first-order valence-electron chi connectivity index (χ1n) is 3.04. The van der Waals surface area contributed by atoms with Crippen LogP contribution in [0.3, 0.4) is 0 Å². The van der Waals surface area contributed by atoms with Crippen molar-refractivity contribution in [1.82, 2.24) is 5.32 Å². The van der Waals surface area contributed by atoms with Crippen molar-refractivity contribution in [2.45, 2.75) is 13.3 Å². The average molecular weight is 150 g/mol. The first kappa shape index (κ1) is 8.92. The first-order chi connectivity index (χ1) is 3.80. The summed E-state index contributed by atoms with van der Waals surface area (Å²) in [5, 5.41) is 3.14. The molecule has 0 radical (unpaired) electrons. The fourth-order valence-corrected chi connectivity index (χ4v) is 0.890. The Hall–Kier alpha value is -0.0800. The summed E-state index contributed by atoms with van der Waals surface area (Å²) in [7, 11) is 0. The number of hydrogen-bond acceptors (Lipinski definition) is 2. The largest absolute Gasteiger partial charge is 0.316 e. The summed E-state index contributed by atoms with van der Waals surface area (Å²) in [5.74, 6) is 0.660. The van der Waals surface area contributed by atoms with E-state index >= 15 is 0 Å². The average Bonchev–Trinajstić information content (AvgIpc) is 1.77. The maximum atomic E-state index is 10.8. The van der Waals surface area contributed by atoms with Crippen molar-refractivity contribution in [2.75, 3.05) is 13.1 Å². The van der Waals surface area contributed by atoms with Gasteiger partial charge in [-0.2, -0.15) is 0 Å². The molecule has 1 aliphatic heterocycles. The van der Waals surface area contributed by atoms with Gasteiger partial charge in [0, 0.05) is 25.4 Å². The third kappa shape index (κ3) is 2.33. The molecule has 9 heavy (non-hydrogen) atoms. The van der Waals surface area contributed by atoms with Gasteiger partial charge in [-0.05, 0) is 0 Å². The van der Waals surface area contributed by atoms with Crippen LogP contribution in [-0.4, -0.2) is 18.9 Å². The Bertz CT molecular complexity index is 105. The molecule has 3 heteroatoms. The maximum absolute atomic E-state index is 10.8. The van der Waals surface area contributed by atoms with Gasteiger partial charge >= 0.3 is 0 Å². The van der Waals surface area contributed by atoms with Gasteiger partial charge in [0.25, 0.3) is 0 Å². The number of piperidine rings is 1. The van der Waals surface area contributed by atoms with E-state index in [0.29, 0.717) is 5.78 Å². The zero-order valence-electron chi connectivity index (χ0n) is 5.52. The van der Waals surface area contributed by atoms with E-state index in [1.54, 1.807) is 0 Å². The molecule has 0 amide bonds. The van der Waals surface area contributed by atoms with Gasteiger partial charge in [0.05, 0.1) is 0 Å². The van der Waals surface area contributed by atoms with E-state index in [0.717, 1.165) is 19.5 Å². The van der Waals surface area contributed by atoms with Crippen molar-refractivity contribution in [2.24, 2.45) is 5.92 Å². The van der Waals surface area contributed by atoms with Crippen LogP contribution in [0, 0.1) is 5.92 Å². The van der Waals surface area contributed by atoms with E-state index in [1.165, 1.54) is 0 Å². The highest BCUT2D eigenvalue weighted by Gasteiger charge is 2.15. The van der Waals surface area contributed by atoms with E-state index in [4.69, 9.17) is 0 Å². The van der Waals surface area contributed by atoms with Gasteiger partial charge in [0.15, 0.2) is 0 Å². The van der Waals surface area contributed by atoms with Gasteiger partial charge in [-0.15, -0.1) is 12.4 Å². The molecule has 1 N–H and O–H groups in total. The SMILES string of the molecule is C[C@H]1CNCCC1=O.Cl. The van der Waals surface area contributed by atoms with E-state index in [1.807, 2.05) is 6.92 Å². The lowest BCUT2D eigenvalue weighted by molar-refractivity contribution is -0.123. The summed E-state index contributed by atoms with van der Waals surface area (Å²) in [5.41, 5.74) is 0. The third-order valence-electron chi connectivity index (χ3n) is 1.55. The predicted octanol–water partition coefficient (Wildman–Crippen LogP) is 0.607.